The van der Waals surface area contributed by atoms with E-state index >= 15 is 0 Å². The zero-order chi connectivity index (χ0) is 18.0. The molecule has 0 radical (unpaired) electrons. The molecule has 1 aliphatic rings. The standard InChI is InChI=1S/C18H16ClF3N2O/c19-11-17(25)23-14-10-13(18(20,21)22)7-8-16(14)24-9-3-5-12-4-1-2-6-15(12)24/h1-2,4,6-8,10H,3,5,9,11H2,(H,23,25). The summed E-state index contributed by atoms with van der Waals surface area (Å²) < 4.78 is 39.1. The first-order chi connectivity index (χ1) is 11.9. The Morgan fingerprint density at radius 3 is 2.64 bits per heavy atom. The van der Waals surface area contributed by atoms with E-state index in [4.69, 9.17) is 11.6 Å². The molecule has 0 aromatic heterocycles. The maximum Gasteiger partial charge on any atom is 0.416 e. The number of alkyl halides is 4. The van der Waals surface area contributed by atoms with Crippen molar-refractivity contribution in [2.45, 2.75) is 19.0 Å². The van der Waals surface area contributed by atoms with Gasteiger partial charge in [0.15, 0.2) is 0 Å². The van der Waals surface area contributed by atoms with Crippen LogP contribution < -0.4 is 10.2 Å². The second kappa shape index (κ2) is 6.96. The summed E-state index contributed by atoms with van der Waals surface area (Å²) in [6.07, 6.45) is -2.70. The normalized spacial score (nSPS) is 14.2. The summed E-state index contributed by atoms with van der Waals surface area (Å²) in [5.41, 5.74) is 1.89. The van der Waals surface area contributed by atoms with Gasteiger partial charge in [0.2, 0.25) is 5.91 Å². The lowest BCUT2D eigenvalue weighted by Gasteiger charge is -2.33. The molecule has 3 rings (SSSR count). The first-order valence-corrected chi connectivity index (χ1v) is 8.36. The van der Waals surface area contributed by atoms with E-state index in [1.54, 1.807) is 0 Å². The number of hydrogen-bond donors (Lipinski definition) is 1. The number of benzene rings is 2. The second-order valence-electron chi connectivity index (χ2n) is 5.80. The highest BCUT2D eigenvalue weighted by Crippen LogP contribution is 2.40. The van der Waals surface area contributed by atoms with Crippen molar-refractivity contribution < 1.29 is 18.0 Å². The fourth-order valence-electron chi connectivity index (χ4n) is 3.02. The number of para-hydroxylation sites is 1. The molecule has 1 amide bonds. The fraction of sp³-hybridized carbons (Fsp3) is 0.278. The van der Waals surface area contributed by atoms with E-state index < -0.39 is 17.6 Å². The van der Waals surface area contributed by atoms with Crippen molar-refractivity contribution in [3.63, 3.8) is 0 Å². The number of hydrogen-bond acceptors (Lipinski definition) is 2. The first-order valence-electron chi connectivity index (χ1n) is 7.82. The summed E-state index contributed by atoms with van der Waals surface area (Å²) in [5.74, 6) is -0.876. The monoisotopic (exact) mass is 368 g/mol. The van der Waals surface area contributed by atoms with E-state index in [0.29, 0.717) is 12.2 Å². The van der Waals surface area contributed by atoms with Crippen LogP contribution in [0.15, 0.2) is 42.5 Å². The summed E-state index contributed by atoms with van der Waals surface area (Å²) in [6.45, 7) is 0.659. The summed E-state index contributed by atoms with van der Waals surface area (Å²) in [5, 5.41) is 2.49. The molecule has 0 fully saturated rings. The third-order valence-corrected chi connectivity index (χ3v) is 4.36. The molecule has 7 heteroatoms. The van der Waals surface area contributed by atoms with E-state index in [1.807, 2.05) is 29.2 Å². The van der Waals surface area contributed by atoms with E-state index in [2.05, 4.69) is 5.32 Å². The average Bonchev–Trinajstić information content (AvgIpc) is 2.60. The molecule has 0 unspecified atom stereocenters. The number of rotatable bonds is 3. The van der Waals surface area contributed by atoms with Crippen LogP contribution in [0, 0.1) is 0 Å². The number of fused-ring (bicyclic) bond motifs is 1. The largest absolute Gasteiger partial charge is 0.416 e. The summed E-state index contributed by atoms with van der Waals surface area (Å²) in [6, 6.07) is 11.1. The summed E-state index contributed by atoms with van der Waals surface area (Å²) in [4.78, 5) is 13.6. The van der Waals surface area contributed by atoms with Gasteiger partial charge in [-0.2, -0.15) is 13.2 Å². The zero-order valence-corrected chi connectivity index (χ0v) is 14.0. The molecule has 2 aromatic rings. The molecule has 132 valence electrons. The van der Waals surface area contributed by atoms with Crippen molar-refractivity contribution in [3.05, 3.63) is 53.6 Å². The Bertz CT molecular complexity index is 792. The zero-order valence-electron chi connectivity index (χ0n) is 13.2. The van der Waals surface area contributed by atoms with E-state index in [-0.39, 0.29) is 11.6 Å². The summed E-state index contributed by atoms with van der Waals surface area (Å²) >= 11 is 5.50. The van der Waals surface area contributed by atoms with Crippen LogP contribution in [0.5, 0.6) is 0 Å². The van der Waals surface area contributed by atoms with Crippen LogP contribution in [0.2, 0.25) is 0 Å². The van der Waals surface area contributed by atoms with E-state index in [0.717, 1.165) is 36.2 Å². The van der Waals surface area contributed by atoms with Crippen LogP contribution in [-0.2, 0) is 17.4 Å². The van der Waals surface area contributed by atoms with Crippen LogP contribution in [0.4, 0.5) is 30.2 Å². The van der Waals surface area contributed by atoms with Gasteiger partial charge in [0.25, 0.3) is 0 Å². The topological polar surface area (TPSA) is 32.3 Å². The Balaban J connectivity index is 2.08. The van der Waals surface area contributed by atoms with Gasteiger partial charge in [-0.3, -0.25) is 4.79 Å². The van der Waals surface area contributed by atoms with Crippen molar-refractivity contribution >= 4 is 34.6 Å². The Morgan fingerprint density at radius 2 is 1.92 bits per heavy atom. The molecular formula is C18H16ClF3N2O. The Hall–Kier alpha value is -2.21. The van der Waals surface area contributed by atoms with Crippen LogP contribution in [-0.4, -0.2) is 18.3 Å². The smallest absolute Gasteiger partial charge is 0.340 e. The molecule has 1 aliphatic heterocycles. The molecule has 0 saturated carbocycles. The van der Waals surface area contributed by atoms with Crippen molar-refractivity contribution in [2.75, 3.05) is 22.6 Å². The van der Waals surface area contributed by atoms with Gasteiger partial charge in [0, 0.05) is 12.2 Å². The second-order valence-corrected chi connectivity index (χ2v) is 6.06. The molecule has 25 heavy (non-hydrogen) atoms. The Morgan fingerprint density at radius 1 is 1.16 bits per heavy atom. The molecule has 3 nitrogen and oxygen atoms in total. The molecule has 1 heterocycles. The van der Waals surface area contributed by atoms with Crippen molar-refractivity contribution in [1.82, 2.24) is 0 Å². The van der Waals surface area contributed by atoms with Crippen LogP contribution in [0.3, 0.4) is 0 Å². The lowest BCUT2D eigenvalue weighted by Crippen LogP contribution is -2.26. The van der Waals surface area contributed by atoms with Crippen molar-refractivity contribution in [1.29, 1.82) is 0 Å². The maximum atomic E-state index is 13.0. The quantitative estimate of drug-likeness (QED) is 0.776. The van der Waals surface area contributed by atoms with Gasteiger partial charge >= 0.3 is 6.18 Å². The minimum atomic E-state index is -4.49. The van der Waals surface area contributed by atoms with Gasteiger partial charge in [-0.1, -0.05) is 18.2 Å². The van der Waals surface area contributed by atoms with Crippen LogP contribution in [0.1, 0.15) is 17.5 Å². The number of nitrogens with zero attached hydrogens (tertiary/aromatic N) is 1. The number of carbonyl (C=O) groups is 1. The predicted octanol–water partition coefficient (Wildman–Crippen LogP) is 4.97. The van der Waals surface area contributed by atoms with E-state index in [9.17, 15) is 18.0 Å². The summed E-state index contributed by atoms with van der Waals surface area (Å²) in [7, 11) is 0. The number of nitrogens with one attached hydrogen (secondary N) is 1. The number of carbonyl (C=O) groups excluding carboxylic acids is 1. The minimum absolute atomic E-state index is 0.108. The Kier molecular flexibility index (Phi) is 4.90. The average molecular weight is 369 g/mol. The fourth-order valence-corrected chi connectivity index (χ4v) is 3.08. The highest BCUT2D eigenvalue weighted by Gasteiger charge is 2.32. The number of amides is 1. The lowest BCUT2D eigenvalue weighted by molar-refractivity contribution is -0.137. The lowest BCUT2D eigenvalue weighted by atomic mass is 10.0. The van der Waals surface area contributed by atoms with Gasteiger partial charge in [-0.25, -0.2) is 0 Å². The molecule has 2 aromatic carbocycles. The molecule has 0 atom stereocenters. The first kappa shape index (κ1) is 17.6. The van der Waals surface area contributed by atoms with Crippen LogP contribution >= 0.6 is 11.6 Å². The number of aryl methyl sites for hydroxylation is 1. The highest BCUT2D eigenvalue weighted by atomic mass is 35.5. The van der Waals surface area contributed by atoms with Crippen molar-refractivity contribution in [2.24, 2.45) is 0 Å². The predicted molar refractivity (Wildman–Crippen MR) is 92.6 cm³/mol. The van der Waals surface area contributed by atoms with E-state index in [1.165, 1.54) is 6.07 Å². The maximum absolute atomic E-state index is 13.0. The third-order valence-electron chi connectivity index (χ3n) is 4.12. The number of halogens is 4. The molecule has 0 bridgehead atoms. The van der Waals surface area contributed by atoms with Gasteiger partial charge in [0.1, 0.15) is 5.88 Å². The molecule has 0 spiro atoms. The SMILES string of the molecule is O=C(CCl)Nc1cc(C(F)(F)F)ccc1N1CCCc2ccccc21. The van der Waals surface area contributed by atoms with Gasteiger partial charge in [0.05, 0.1) is 16.9 Å². The molecule has 0 aliphatic carbocycles. The molecule has 0 saturated heterocycles. The van der Waals surface area contributed by atoms with Gasteiger partial charge < -0.3 is 10.2 Å². The highest BCUT2D eigenvalue weighted by molar-refractivity contribution is 6.29. The Labute approximate surface area is 148 Å². The third kappa shape index (κ3) is 3.74. The molecular weight excluding hydrogens is 353 g/mol. The number of anilines is 3. The van der Waals surface area contributed by atoms with Crippen LogP contribution in [0.25, 0.3) is 0 Å². The van der Waals surface area contributed by atoms with Gasteiger partial charge in [-0.15, -0.1) is 11.6 Å². The molecule has 1 N–H and O–H groups in total. The minimum Gasteiger partial charge on any atom is -0.340 e. The van der Waals surface area contributed by atoms with Gasteiger partial charge in [-0.05, 0) is 42.7 Å². The van der Waals surface area contributed by atoms with Crippen molar-refractivity contribution in [3.8, 4) is 0 Å².